The molecule has 0 aliphatic rings. The lowest BCUT2D eigenvalue weighted by molar-refractivity contribution is 0.822. The van der Waals surface area contributed by atoms with E-state index in [-0.39, 0.29) is 0 Å². The van der Waals surface area contributed by atoms with Crippen LogP contribution >= 0.6 is 0 Å². The van der Waals surface area contributed by atoms with Crippen molar-refractivity contribution in [3.63, 3.8) is 0 Å². The molecule has 0 radical (unpaired) electrons. The van der Waals surface area contributed by atoms with Gasteiger partial charge < -0.3 is 9.88 Å². The maximum Gasteiger partial charge on any atom is 0.126 e. The van der Waals surface area contributed by atoms with Crippen molar-refractivity contribution in [3.8, 4) is 0 Å². The minimum absolute atomic E-state index is 0.809. The van der Waals surface area contributed by atoms with Crippen molar-refractivity contribution >= 4 is 16.9 Å². The Labute approximate surface area is 118 Å². The van der Waals surface area contributed by atoms with Crippen molar-refractivity contribution in [2.24, 2.45) is 0 Å². The number of hydrogen-bond acceptors (Lipinski definition) is 3. The van der Waals surface area contributed by atoms with Gasteiger partial charge in [0.05, 0.1) is 17.4 Å². The fourth-order valence-corrected chi connectivity index (χ4v) is 2.26. The molecule has 0 saturated carbocycles. The highest BCUT2D eigenvalue weighted by atomic mass is 15.0. The molecule has 0 amide bonds. The van der Waals surface area contributed by atoms with E-state index < -0.39 is 0 Å². The summed E-state index contributed by atoms with van der Waals surface area (Å²) in [5.74, 6) is 0.939. The van der Waals surface area contributed by atoms with Crippen LogP contribution in [-0.4, -0.2) is 21.1 Å². The van der Waals surface area contributed by atoms with Gasteiger partial charge >= 0.3 is 0 Å². The van der Waals surface area contributed by atoms with Gasteiger partial charge in [0, 0.05) is 19.3 Å². The number of nitrogens with one attached hydrogen (secondary N) is 1. The Morgan fingerprint density at radius 1 is 1.15 bits per heavy atom. The van der Waals surface area contributed by atoms with Gasteiger partial charge in [-0.1, -0.05) is 19.1 Å². The van der Waals surface area contributed by atoms with Gasteiger partial charge in [0.2, 0.25) is 0 Å². The Morgan fingerprint density at radius 3 is 2.95 bits per heavy atom. The molecule has 0 unspecified atom stereocenters. The molecular weight excluding hydrogens is 248 g/mol. The van der Waals surface area contributed by atoms with Gasteiger partial charge in [-0.05, 0) is 36.2 Å². The van der Waals surface area contributed by atoms with E-state index in [1.807, 2.05) is 36.8 Å². The van der Waals surface area contributed by atoms with Crippen LogP contribution in [0.3, 0.4) is 0 Å². The lowest BCUT2D eigenvalue weighted by Crippen LogP contribution is -2.04. The van der Waals surface area contributed by atoms with Gasteiger partial charge in [0.25, 0.3) is 0 Å². The largest absolute Gasteiger partial charge is 0.370 e. The second-order valence-corrected chi connectivity index (χ2v) is 4.84. The standard InChI is InChI=1S/C16H18N4/c1-2-8-17-16-10-13(7-9-18-16)11-20-12-19-14-5-3-4-6-15(14)20/h3-7,9-10,12H,2,8,11H2,1H3,(H,17,18). The zero-order valence-electron chi connectivity index (χ0n) is 11.6. The SMILES string of the molecule is CCCNc1cc(Cn2cnc3ccccc32)ccn1. The number of aromatic nitrogens is 3. The molecule has 3 rings (SSSR count). The molecule has 4 nitrogen and oxygen atoms in total. The maximum absolute atomic E-state index is 4.42. The van der Waals surface area contributed by atoms with Gasteiger partial charge in [-0.2, -0.15) is 0 Å². The number of nitrogens with zero attached hydrogens (tertiary/aromatic N) is 3. The number of anilines is 1. The Kier molecular flexibility index (Phi) is 3.63. The van der Waals surface area contributed by atoms with Crippen molar-refractivity contribution in [2.45, 2.75) is 19.9 Å². The van der Waals surface area contributed by atoms with E-state index in [0.717, 1.165) is 36.4 Å². The second-order valence-electron chi connectivity index (χ2n) is 4.84. The smallest absolute Gasteiger partial charge is 0.126 e. The normalized spacial score (nSPS) is 10.8. The molecule has 20 heavy (non-hydrogen) atoms. The number of hydrogen-bond donors (Lipinski definition) is 1. The molecule has 102 valence electrons. The molecule has 0 aliphatic carbocycles. The number of imidazole rings is 1. The third-order valence-electron chi connectivity index (χ3n) is 3.26. The Balaban J connectivity index is 1.83. The van der Waals surface area contributed by atoms with Gasteiger partial charge in [-0.3, -0.25) is 0 Å². The van der Waals surface area contributed by atoms with Crippen LogP contribution in [0.1, 0.15) is 18.9 Å². The molecule has 0 fully saturated rings. The lowest BCUT2D eigenvalue weighted by atomic mass is 10.2. The Morgan fingerprint density at radius 2 is 2.05 bits per heavy atom. The molecule has 0 spiro atoms. The highest BCUT2D eigenvalue weighted by Gasteiger charge is 2.03. The third-order valence-corrected chi connectivity index (χ3v) is 3.26. The van der Waals surface area contributed by atoms with E-state index in [1.165, 1.54) is 5.56 Å². The third kappa shape index (κ3) is 2.64. The predicted molar refractivity (Wildman–Crippen MR) is 81.9 cm³/mol. The van der Waals surface area contributed by atoms with Crippen molar-refractivity contribution < 1.29 is 0 Å². The summed E-state index contributed by atoms with van der Waals surface area (Å²) in [5.41, 5.74) is 3.42. The fraction of sp³-hybridized carbons (Fsp3) is 0.250. The highest BCUT2D eigenvalue weighted by molar-refractivity contribution is 5.75. The van der Waals surface area contributed by atoms with Crippen molar-refractivity contribution in [3.05, 3.63) is 54.5 Å². The molecular formula is C16H18N4. The first-order valence-corrected chi connectivity index (χ1v) is 6.95. The van der Waals surface area contributed by atoms with Gasteiger partial charge in [0.15, 0.2) is 0 Å². The quantitative estimate of drug-likeness (QED) is 0.770. The van der Waals surface area contributed by atoms with Crippen LogP contribution in [0.4, 0.5) is 5.82 Å². The topological polar surface area (TPSA) is 42.7 Å². The van der Waals surface area contributed by atoms with Crippen molar-refractivity contribution in [1.82, 2.24) is 14.5 Å². The molecule has 0 aliphatic heterocycles. The van der Waals surface area contributed by atoms with Gasteiger partial charge in [-0.15, -0.1) is 0 Å². The molecule has 1 aromatic carbocycles. The summed E-state index contributed by atoms with van der Waals surface area (Å²) < 4.78 is 2.16. The molecule has 0 saturated heterocycles. The Bertz CT molecular complexity index is 702. The van der Waals surface area contributed by atoms with E-state index in [0.29, 0.717) is 0 Å². The molecule has 2 heterocycles. The van der Waals surface area contributed by atoms with Crippen LogP contribution < -0.4 is 5.32 Å². The molecule has 0 atom stereocenters. The molecule has 0 bridgehead atoms. The molecule has 2 aromatic heterocycles. The van der Waals surface area contributed by atoms with E-state index >= 15 is 0 Å². The summed E-state index contributed by atoms with van der Waals surface area (Å²) in [4.78, 5) is 8.75. The number of benzene rings is 1. The van der Waals surface area contributed by atoms with Crippen LogP contribution in [0.25, 0.3) is 11.0 Å². The Hall–Kier alpha value is -2.36. The summed E-state index contributed by atoms with van der Waals surface area (Å²) >= 11 is 0. The van der Waals surface area contributed by atoms with Crippen molar-refractivity contribution in [1.29, 1.82) is 0 Å². The van der Waals surface area contributed by atoms with Crippen LogP contribution in [0.15, 0.2) is 48.9 Å². The summed E-state index contributed by atoms with van der Waals surface area (Å²) in [6.45, 7) is 3.91. The van der Waals surface area contributed by atoms with Crippen LogP contribution in [0, 0.1) is 0 Å². The average Bonchev–Trinajstić information content (AvgIpc) is 2.89. The first-order valence-electron chi connectivity index (χ1n) is 6.95. The van der Waals surface area contributed by atoms with Crippen LogP contribution in [-0.2, 0) is 6.54 Å². The number of para-hydroxylation sites is 2. The van der Waals surface area contributed by atoms with Crippen LogP contribution in [0.2, 0.25) is 0 Å². The second kappa shape index (κ2) is 5.74. The van der Waals surface area contributed by atoms with E-state index in [4.69, 9.17) is 0 Å². The fourth-order valence-electron chi connectivity index (χ4n) is 2.26. The maximum atomic E-state index is 4.42. The summed E-state index contributed by atoms with van der Waals surface area (Å²) in [6.07, 6.45) is 4.84. The zero-order valence-corrected chi connectivity index (χ0v) is 11.6. The minimum Gasteiger partial charge on any atom is -0.370 e. The van der Waals surface area contributed by atoms with E-state index in [1.54, 1.807) is 0 Å². The summed E-state index contributed by atoms with van der Waals surface area (Å²) in [7, 11) is 0. The summed E-state index contributed by atoms with van der Waals surface area (Å²) in [5, 5.41) is 3.32. The molecule has 4 heteroatoms. The van der Waals surface area contributed by atoms with Crippen molar-refractivity contribution in [2.75, 3.05) is 11.9 Å². The predicted octanol–water partition coefficient (Wildman–Crippen LogP) is 3.30. The minimum atomic E-state index is 0.809. The molecule has 3 aromatic rings. The number of fused-ring (bicyclic) bond motifs is 1. The van der Waals surface area contributed by atoms with Gasteiger partial charge in [-0.25, -0.2) is 9.97 Å². The lowest BCUT2D eigenvalue weighted by Gasteiger charge is -2.08. The van der Waals surface area contributed by atoms with E-state index in [9.17, 15) is 0 Å². The number of pyridine rings is 1. The summed E-state index contributed by atoms with van der Waals surface area (Å²) in [6, 6.07) is 12.3. The van der Waals surface area contributed by atoms with Gasteiger partial charge in [0.1, 0.15) is 5.82 Å². The highest BCUT2D eigenvalue weighted by Crippen LogP contribution is 2.15. The van der Waals surface area contributed by atoms with E-state index in [2.05, 4.69) is 38.9 Å². The monoisotopic (exact) mass is 266 g/mol. The average molecular weight is 266 g/mol. The first kappa shape index (κ1) is 12.7. The van der Waals surface area contributed by atoms with Crippen LogP contribution in [0.5, 0.6) is 0 Å². The number of rotatable bonds is 5. The zero-order chi connectivity index (χ0) is 13.8. The first-order chi connectivity index (χ1) is 9.86. The molecule has 1 N–H and O–H groups in total.